The van der Waals surface area contributed by atoms with Gasteiger partial charge >= 0.3 is 0 Å². The van der Waals surface area contributed by atoms with Gasteiger partial charge in [0.25, 0.3) is 5.56 Å². The molecule has 0 aliphatic heterocycles. The molecule has 0 atom stereocenters. The first kappa shape index (κ1) is 21.0. The zero-order valence-corrected chi connectivity index (χ0v) is 17.4. The van der Waals surface area contributed by atoms with Crippen LogP contribution in [0.1, 0.15) is 11.1 Å². The van der Waals surface area contributed by atoms with Crippen LogP contribution in [0.5, 0.6) is 11.5 Å². The minimum Gasteiger partial charge on any atom is -0.493 e. The van der Waals surface area contributed by atoms with Crippen LogP contribution in [0.2, 0.25) is 10.0 Å². The molecule has 1 heterocycles. The van der Waals surface area contributed by atoms with Crippen LogP contribution in [0.4, 0.5) is 16.0 Å². The fraction of sp³-hybridized carbons (Fsp3) is 0.200. The van der Waals surface area contributed by atoms with Crippen molar-refractivity contribution in [3.63, 3.8) is 0 Å². The first-order chi connectivity index (χ1) is 13.8. The fourth-order valence-corrected chi connectivity index (χ4v) is 3.12. The summed E-state index contributed by atoms with van der Waals surface area (Å²) in [5.74, 6) is 0.854. The molecule has 1 aromatic heterocycles. The lowest BCUT2D eigenvalue weighted by Gasteiger charge is -2.17. The lowest BCUT2D eigenvalue weighted by Crippen LogP contribution is -2.18. The molecule has 0 radical (unpaired) electrons. The predicted octanol–water partition coefficient (Wildman–Crippen LogP) is 4.81. The number of hydrogen-bond acceptors (Lipinski definition) is 5. The average molecular weight is 438 g/mol. The van der Waals surface area contributed by atoms with E-state index in [2.05, 4.69) is 10.3 Å². The highest BCUT2D eigenvalue weighted by molar-refractivity contribution is 6.30. The summed E-state index contributed by atoms with van der Waals surface area (Å²) in [5.41, 5.74) is 1.66. The van der Waals surface area contributed by atoms with Crippen LogP contribution in [-0.2, 0) is 6.54 Å². The zero-order valence-electron chi connectivity index (χ0n) is 15.9. The molecule has 0 saturated carbocycles. The first-order valence-electron chi connectivity index (χ1n) is 8.53. The SMILES string of the molecule is COc1cc(C)c(Nc2nc(=O)c(Cl)cn2Cc2ccc(F)c(Cl)c2)cc1OC. The molecule has 0 aliphatic carbocycles. The molecular formula is C20H18Cl2FN3O3. The van der Waals surface area contributed by atoms with Gasteiger partial charge in [-0.2, -0.15) is 4.98 Å². The topological polar surface area (TPSA) is 65.4 Å². The summed E-state index contributed by atoms with van der Waals surface area (Å²) >= 11 is 11.9. The highest BCUT2D eigenvalue weighted by Crippen LogP contribution is 2.34. The van der Waals surface area contributed by atoms with Gasteiger partial charge in [-0.25, -0.2) is 4.39 Å². The molecule has 0 fully saturated rings. The van der Waals surface area contributed by atoms with Crippen molar-refractivity contribution in [1.82, 2.24) is 9.55 Å². The molecular weight excluding hydrogens is 420 g/mol. The summed E-state index contributed by atoms with van der Waals surface area (Å²) < 4.78 is 25.7. The number of aromatic nitrogens is 2. The Balaban J connectivity index is 2.02. The number of ether oxygens (including phenoxy) is 2. The van der Waals surface area contributed by atoms with Gasteiger partial charge < -0.3 is 19.4 Å². The second-order valence-electron chi connectivity index (χ2n) is 6.24. The van der Waals surface area contributed by atoms with E-state index in [0.29, 0.717) is 22.7 Å². The summed E-state index contributed by atoms with van der Waals surface area (Å²) in [6.45, 7) is 2.14. The quantitative estimate of drug-likeness (QED) is 0.599. The van der Waals surface area contributed by atoms with Gasteiger partial charge in [-0.15, -0.1) is 0 Å². The molecule has 6 nitrogen and oxygen atoms in total. The Hall–Kier alpha value is -2.77. The van der Waals surface area contributed by atoms with E-state index in [4.69, 9.17) is 32.7 Å². The molecule has 2 aromatic carbocycles. The van der Waals surface area contributed by atoms with Gasteiger partial charge in [-0.3, -0.25) is 4.79 Å². The minimum absolute atomic E-state index is 0.00726. The van der Waals surface area contributed by atoms with Crippen LogP contribution in [0.3, 0.4) is 0 Å². The number of benzene rings is 2. The standard InChI is InChI=1S/C20H18Cl2FN3O3/c1-11-6-17(28-2)18(29-3)8-16(11)24-20-25-19(27)14(22)10-26(20)9-12-4-5-15(23)13(21)7-12/h4-8,10H,9H2,1-3H3,(H,24,25,27). The second-order valence-corrected chi connectivity index (χ2v) is 7.06. The Bertz CT molecular complexity index is 1120. The number of methoxy groups -OCH3 is 2. The summed E-state index contributed by atoms with van der Waals surface area (Å²) in [6.07, 6.45) is 1.46. The lowest BCUT2D eigenvalue weighted by molar-refractivity contribution is 0.355. The summed E-state index contributed by atoms with van der Waals surface area (Å²) in [6, 6.07) is 7.93. The molecule has 3 rings (SSSR count). The Kier molecular flexibility index (Phi) is 6.30. The smallest absolute Gasteiger partial charge is 0.293 e. The van der Waals surface area contributed by atoms with Gasteiger partial charge in [-0.1, -0.05) is 29.3 Å². The third-order valence-electron chi connectivity index (χ3n) is 4.27. The molecule has 0 unspecified atom stereocenters. The van der Waals surface area contributed by atoms with Gasteiger partial charge in [0, 0.05) is 18.0 Å². The predicted molar refractivity (Wildman–Crippen MR) is 112 cm³/mol. The molecule has 29 heavy (non-hydrogen) atoms. The van der Waals surface area contributed by atoms with Crippen LogP contribution >= 0.6 is 23.2 Å². The van der Waals surface area contributed by atoms with Crippen LogP contribution in [-0.4, -0.2) is 23.8 Å². The maximum atomic E-state index is 13.5. The van der Waals surface area contributed by atoms with Gasteiger partial charge in [0.15, 0.2) is 11.5 Å². The maximum Gasteiger partial charge on any atom is 0.293 e. The van der Waals surface area contributed by atoms with E-state index >= 15 is 0 Å². The molecule has 9 heteroatoms. The monoisotopic (exact) mass is 437 g/mol. The molecule has 0 aliphatic rings. The Labute approximate surface area is 176 Å². The molecule has 3 aromatic rings. The van der Waals surface area contributed by atoms with Crippen LogP contribution in [0, 0.1) is 12.7 Å². The fourth-order valence-electron chi connectivity index (χ4n) is 2.76. The largest absolute Gasteiger partial charge is 0.493 e. The van der Waals surface area contributed by atoms with Crippen molar-refractivity contribution in [1.29, 1.82) is 0 Å². The average Bonchev–Trinajstić information content (AvgIpc) is 2.69. The molecule has 0 saturated heterocycles. The Morgan fingerprint density at radius 2 is 1.79 bits per heavy atom. The lowest BCUT2D eigenvalue weighted by atomic mass is 10.1. The summed E-state index contributed by atoms with van der Waals surface area (Å²) in [7, 11) is 3.09. The van der Waals surface area contributed by atoms with Crippen molar-refractivity contribution in [2.45, 2.75) is 13.5 Å². The zero-order chi connectivity index (χ0) is 21.1. The van der Waals surface area contributed by atoms with Crippen molar-refractivity contribution in [3.05, 3.63) is 73.9 Å². The Morgan fingerprint density at radius 1 is 1.10 bits per heavy atom. The third kappa shape index (κ3) is 4.63. The molecule has 0 bridgehead atoms. The van der Waals surface area contributed by atoms with Crippen LogP contribution in [0.25, 0.3) is 0 Å². The molecule has 152 valence electrons. The Morgan fingerprint density at radius 3 is 2.45 bits per heavy atom. The number of anilines is 2. The van der Waals surface area contributed by atoms with Crippen molar-refractivity contribution >= 4 is 34.8 Å². The number of aryl methyl sites for hydroxylation is 1. The van der Waals surface area contributed by atoms with Gasteiger partial charge in [0.05, 0.1) is 25.8 Å². The van der Waals surface area contributed by atoms with E-state index in [-0.39, 0.29) is 22.5 Å². The van der Waals surface area contributed by atoms with E-state index in [1.807, 2.05) is 6.92 Å². The summed E-state index contributed by atoms with van der Waals surface area (Å²) in [4.78, 5) is 16.1. The van der Waals surface area contributed by atoms with Gasteiger partial charge in [0.2, 0.25) is 5.95 Å². The third-order valence-corrected chi connectivity index (χ3v) is 4.82. The summed E-state index contributed by atoms with van der Waals surface area (Å²) in [5, 5.41) is 3.10. The highest BCUT2D eigenvalue weighted by Gasteiger charge is 2.13. The van der Waals surface area contributed by atoms with Crippen LogP contribution in [0.15, 0.2) is 41.3 Å². The van der Waals surface area contributed by atoms with Crippen molar-refractivity contribution in [3.8, 4) is 11.5 Å². The van der Waals surface area contributed by atoms with Crippen LogP contribution < -0.4 is 20.3 Å². The molecule has 0 amide bonds. The van der Waals surface area contributed by atoms with E-state index in [1.165, 1.54) is 25.4 Å². The van der Waals surface area contributed by atoms with E-state index in [9.17, 15) is 9.18 Å². The number of rotatable bonds is 6. The number of nitrogens with zero attached hydrogens (tertiary/aromatic N) is 2. The van der Waals surface area contributed by atoms with Gasteiger partial charge in [-0.05, 0) is 36.2 Å². The van der Waals surface area contributed by atoms with E-state index < -0.39 is 11.4 Å². The molecule has 0 spiro atoms. The normalized spacial score (nSPS) is 10.7. The number of halogens is 3. The van der Waals surface area contributed by atoms with E-state index in [1.54, 1.807) is 29.9 Å². The minimum atomic E-state index is -0.569. The number of hydrogen-bond donors (Lipinski definition) is 1. The highest BCUT2D eigenvalue weighted by atomic mass is 35.5. The van der Waals surface area contributed by atoms with Crippen molar-refractivity contribution in [2.24, 2.45) is 0 Å². The van der Waals surface area contributed by atoms with E-state index in [0.717, 1.165) is 5.56 Å². The maximum absolute atomic E-state index is 13.5. The molecule has 1 N–H and O–H groups in total. The van der Waals surface area contributed by atoms with Crippen molar-refractivity contribution < 1.29 is 13.9 Å². The second kappa shape index (κ2) is 8.71. The first-order valence-corrected chi connectivity index (χ1v) is 9.28. The number of nitrogens with one attached hydrogen (secondary N) is 1. The van der Waals surface area contributed by atoms with Gasteiger partial charge in [0.1, 0.15) is 10.8 Å². The van der Waals surface area contributed by atoms with Crippen molar-refractivity contribution in [2.75, 3.05) is 19.5 Å².